The predicted molar refractivity (Wildman–Crippen MR) is 96.1 cm³/mol. The first-order valence-corrected chi connectivity index (χ1v) is 9.27. The number of thioether (sulfide) groups is 1. The molecule has 0 atom stereocenters. The van der Waals surface area contributed by atoms with Crippen molar-refractivity contribution in [2.75, 3.05) is 0 Å². The molecule has 0 aliphatic carbocycles. The summed E-state index contributed by atoms with van der Waals surface area (Å²) in [7, 11) is 0. The quantitative estimate of drug-likeness (QED) is 0.621. The van der Waals surface area contributed by atoms with Crippen molar-refractivity contribution in [1.29, 1.82) is 0 Å². The fourth-order valence-corrected chi connectivity index (χ4v) is 3.09. The molecule has 3 aromatic heterocycles. The summed E-state index contributed by atoms with van der Waals surface area (Å²) in [5.41, 5.74) is 0.865. The molecule has 3 heterocycles. The summed E-state index contributed by atoms with van der Waals surface area (Å²) in [6.07, 6.45) is 4.53. The Morgan fingerprint density at radius 2 is 1.92 bits per heavy atom. The molecular formula is C17H22N6OS. The topological polar surface area (TPSA) is 82.5 Å². The number of hydrogen-bond acceptors (Lipinski definition) is 7. The second-order valence-electron chi connectivity index (χ2n) is 6.75. The van der Waals surface area contributed by atoms with E-state index in [0.29, 0.717) is 17.5 Å². The van der Waals surface area contributed by atoms with Gasteiger partial charge in [0.1, 0.15) is 0 Å². The molecule has 132 valence electrons. The second kappa shape index (κ2) is 7.35. The molecule has 3 rings (SSSR count). The Morgan fingerprint density at radius 3 is 2.56 bits per heavy atom. The van der Waals surface area contributed by atoms with Gasteiger partial charge in [-0.15, -0.1) is 10.2 Å². The van der Waals surface area contributed by atoms with E-state index in [-0.39, 0.29) is 5.41 Å². The predicted octanol–water partition coefficient (Wildman–Crippen LogP) is 3.72. The molecule has 0 fully saturated rings. The highest BCUT2D eigenvalue weighted by Crippen LogP contribution is 2.27. The molecule has 0 N–H and O–H groups in total. The third-order valence-corrected chi connectivity index (χ3v) is 4.51. The van der Waals surface area contributed by atoms with Crippen LogP contribution in [0.5, 0.6) is 0 Å². The molecule has 3 aromatic rings. The van der Waals surface area contributed by atoms with E-state index >= 15 is 0 Å². The molecule has 0 amide bonds. The molecule has 0 radical (unpaired) electrons. The Hall–Kier alpha value is -2.22. The van der Waals surface area contributed by atoms with E-state index in [1.54, 1.807) is 24.2 Å². The van der Waals surface area contributed by atoms with Crippen LogP contribution in [0.4, 0.5) is 0 Å². The third-order valence-electron chi connectivity index (χ3n) is 3.54. The van der Waals surface area contributed by atoms with Gasteiger partial charge in [-0.05, 0) is 18.6 Å². The summed E-state index contributed by atoms with van der Waals surface area (Å²) in [5, 5.41) is 13.6. The van der Waals surface area contributed by atoms with Gasteiger partial charge in [0.15, 0.2) is 16.8 Å². The number of rotatable bonds is 6. The zero-order chi connectivity index (χ0) is 17.9. The van der Waals surface area contributed by atoms with Crippen LogP contribution in [0.2, 0.25) is 0 Å². The SMILES string of the molecule is CCCn1c(SCc2noc(C(C)(C)C)n2)nnc1-c1ccncc1. The fourth-order valence-electron chi connectivity index (χ4n) is 2.28. The Morgan fingerprint density at radius 1 is 1.16 bits per heavy atom. The fraction of sp³-hybridized carbons (Fsp3) is 0.471. The van der Waals surface area contributed by atoms with Gasteiger partial charge in [-0.25, -0.2) is 0 Å². The number of hydrogen-bond donors (Lipinski definition) is 0. The van der Waals surface area contributed by atoms with Gasteiger partial charge in [0.2, 0.25) is 5.89 Å². The summed E-state index contributed by atoms with van der Waals surface area (Å²) < 4.78 is 7.48. The van der Waals surface area contributed by atoms with E-state index in [1.807, 2.05) is 12.1 Å². The Labute approximate surface area is 151 Å². The molecule has 0 saturated heterocycles. The van der Waals surface area contributed by atoms with Crippen LogP contribution in [-0.4, -0.2) is 29.9 Å². The van der Waals surface area contributed by atoms with E-state index < -0.39 is 0 Å². The first-order chi connectivity index (χ1) is 12.0. The second-order valence-corrected chi connectivity index (χ2v) is 7.69. The lowest BCUT2D eigenvalue weighted by atomic mass is 9.97. The van der Waals surface area contributed by atoms with E-state index in [1.165, 1.54) is 0 Å². The van der Waals surface area contributed by atoms with Gasteiger partial charge in [-0.1, -0.05) is 44.6 Å². The minimum atomic E-state index is -0.146. The van der Waals surface area contributed by atoms with Crippen LogP contribution in [0, 0.1) is 0 Å². The van der Waals surface area contributed by atoms with Crippen molar-refractivity contribution in [2.24, 2.45) is 0 Å². The zero-order valence-corrected chi connectivity index (χ0v) is 15.7. The summed E-state index contributed by atoms with van der Waals surface area (Å²) in [5.74, 6) is 2.77. The average molecular weight is 358 g/mol. The molecule has 0 spiro atoms. The largest absolute Gasteiger partial charge is 0.339 e. The lowest BCUT2D eigenvalue weighted by molar-refractivity contribution is 0.319. The van der Waals surface area contributed by atoms with E-state index in [9.17, 15) is 0 Å². The van der Waals surface area contributed by atoms with Crippen LogP contribution in [0.25, 0.3) is 11.4 Å². The molecule has 0 saturated carbocycles. The van der Waals surface area contributed by atoms with Crippen LogP contribution in [-0.2, 0) is 17.7 Å². The van der Waals surface area contributed by atoms with Crippen molar-refractivity contribution in [1.82, 2.24) is 29.9 Å². The van der Waals surface area contributed by atoms with E-state index in [2.05, 4.69) is 57.6 Å². The van der Waals surface area contributed by atoms with Crippen LogP contribution in [0.1, 0.15) is 45.8 Å². The van der Waals surface area contributed by atoms with Crippen LogP contribution >= 0.6 is 11.8 Å². The summed E-state index contributed by atoms with van der Waals surface area (Å²) >= 11 is 1.57. The van der Waals surface area contributed by atoms with Gasteiger partial charge in [0.25, 0.3) is 0 Å². The molecule has 0 aliphatic rings. The first-order valence-electron chi connectivity index (χ1n) is 8.28. The van der Waals surface area contributed by atoms with Crippen molar-refractivity contribution >= 4 is 11.8 Å². The lowest BCUT2D eigenvalue weighted by Crippen LogP contribution is -2.11. The maximum Gasteiger partial charge on any atom is 0.232 e. The van der Waals surface area contributed by atoms with E-state index in [0.717, 1.165) is 29.5 Å². The first kappa shape index (κ1) is 17.6. The third kappa shape index (κ3) is 4.07. The smallest absolute Gasteiger partial charge is 0.232 e. The van der Waals surface area contributed by atoms with Gasteiger partial charge in [0.05, 0.1) is 5.75 Å². The maximum atomic E-state index is 5.35. The maximum absolute atomic E-state index is 5.35. The van der Waals surface area contributed by atoms with Gasteiger partial charge in [0, 0.05) is 29.9 Å². The molecule has 8 heteroatoms. The summed E-state index contributed by atoms with van der Waals surface area (Å²) in [6, 6.07) is 3.89. The minimum absolute atomic E-state index is 0.146. The van der Waals surface area contributed by atoms with Crippen molar-refractivity contribution in [3.63, 3.8) is 0 Å². The van der Waals surface area contributed by atoms with Crippen LogP contribution in [0.3, 0.4) is 0 Å². The normalized spacial score (nSPS) is 11.8. The summed E-state index contributed by atoms with van der Waals surface area (Å²) in [4.78, 5) is 8.53. The van der Waals surface area contributed by atoms with Crippen LogP contribution in [0.15, 0.2) is 34.2 Å². The number of nitrogens with zero attached hydrogens (tertiary/aromatic N) is 6. The molecular weight excluding hydrogens is 336 g/mol. The Balaban J connectivity index is 1.79. The van der Waals surface area contributed by atoms with Gasteiger partial charge >= 0.3 is 0 Å². The van der Waals surface area contributed by atoms with Crippen LogP contribution < -0.4 is 0 Å². The summed E-state index contributed by atoms with van der Waals surface area (Å²) in [6.45, 7) is 9.15. The molecule has 0 bridgehead atoms. The van der Waals surface area contributed by atoms with Crippen molar-refractivity contribution in [3.8, 4) is 11.4 Å². The van der Waals surface area contributed by atoms with Gasteiger partial charge in [-0.2, -0.15) is 4.98 Å². The highest BCUT2D eigenvalue weighted by atomic mass is 32.2. The van der Waals surface area contributed by atoms with Crippen molar-refractivity contribution in [3.05, 3.63) is 36.2 Å². The number of aromatic nitrogens is 6. The lowest BCUT2D eigenvalue weighted by Gasteiger charge is -2.10. The highest BCUT2D eigenvalue weighted by Gasteiger charge is 2.22. The molecule has 7 nitrogen and oxygen atoms in total. The Kier molecular flexibility index (Phi) is 5.17. The van der Waals surface area contributed by atoms with Crippen molar-refractivity contribution in [2.45, 2.75) is 57.0 Å². The molecule has 0 aliphatic heterocycles. The monoisotopic (exact) mass is 358 g/mol. The average Bonchev–Trinajstić information content (AvgIpc) is 3.21. The molecule has 0 aromatic carbocycles. The van der Waals surface area contributed by atoms with E-state index in [4.69, 9.17) is 4.52 Å². The highest BCUT2D eigenvalue weighted by molar-refractivity contribution is 7.98. The molecule has 25 heavy (non-hydrogen) atoms. The number of pyridine rings is 1. The van der Waals surface area contributed by atoms with Gasteiger partial charge in [-0.3, -0.25) is 4.98 Å². The Bertz CT molecular complexity index is 821. The van der Waals surface area contributed by atoms with Crippen molar-refractivity contribution < 1.29 is 4.52 Å². The standard InChI is InChI=1S/C17H22N6OS/c1-5-10-23-14(12-6-8-18-9-7-12)20-21-16(23)25-11-13-19-15(24-22-13)17(2,3)4/h6-9H,5,10-11H2,1-4H3. The molecule has 0 unspecified atom stereocenters. The zero-order valence-electron chi connectivity index (χ0n) is 14.9. The van der Waals surface area contributed by atoms with Gasteiger partial charge < -0.3 is 9.09 Å². The minimum Gasteiger partial charge on any atom is -0.339 e.